The third kappa shape index (κ3) is 4.71. The van der Waals surface area contributed by atoms with Crippen LogP contribution in [0, 0.1) is 0 Å². The molecule has 0 unspecified atom stereocenters. The van der Waals surface area contributed by atoms with Crippen molar-refractivity contribution in [3.05, 3.63) is 60.6 Å². The molecule has 2 heterocycles. The van der Waals surface area contributed by atoms with Crippen LogP contribution in [0.3, 0.4) is 0 Å². The van der Waals surface area contributed by atoms with Gasteiger partial charge in [-0.2, -0.15) is 5.10 Å². The Morgan fingerprint density at radius 2 is 2.12 bits per heavy atom. The molecule has 0 fully saturated rings. The lowest BCUT2D eigenvalue weighted by Gasteiger charge is -2.07. The molecule has 0 radical (unpaired) electrons. The monoisotopic (exact) mass is 339 g/mol. The van der Waals surface area contributed by atoms with Gasteiger partial charge < -0.3 is 20.4 Å². The molecule has 130 valence electrons. The van der Waals surface area contributed by atoms with Crippen LogP contribution in [0.5, 0.6) is 0 Å². The number of anilines is 1. The number of amides is 2. The zero-order chi connectivity index (χ0) is 17.5. The number of carbonyl (C=O) groups excluding carboxylic acids is 1. The van der Waals surface area contributed by atoms with Crippen molar-refractivity contribution in [1.82, 2.24) is 20.1 Å². The molecule has 0 spiro atoms. The Hall–Kier alpha value is -3.06. The lowest BCUT2D eigenvalue weighted by molar-refractivity contribution is 0.183. The van der Waals surface area contributed by atoms with Crippen molar-refractivity contribution >= 4 is 11.7 Å². The number of nitrogens with one attached hydrogen (secondary N) is 3. The van der Waals surface area contributed by atoms with E-state index < -0.39 is 0 Å². The molecule has 0 aliphatic heterocycles. The standard InChI is InChI=1S/C18H21N5O2/c1-25-10-9-23-13-14(12-21-23)11-20-18(24)22-16-6-4-15(5-7-16)17-3-2-8-19-17/h2-8,12-13,19H,9-11H2,1H3,(H2,20,22,24). The van der Waals surface area contributed by atoms with Crippen molar-refractivity contribution in [3.8, 4) is 11.3 Å². The van der Waals surface area contributed by atoms with Crippen LogP contribution in [0.25, 0.3) is 11.3 Å². The Labute approximate surface area is 146 Å². The van der Waals surface area contributed by atoms with Crippen molar-refractivity contribution in [3.63, 3.8) is 0 Å². The number of nitrogens with zero attached hydrogens (tertiary/aromatic N) is 2. The SMILES string of the molecule is COCCn1cc(CNC(=O)Nc2ccc(-c3ccc[nH]3)cc2)cn1. The van der Waals surface area contributed by atoms with Crippen LogP contribution in [0.2, 0.25) is 0 Å². The van der Waals surface area contributed by atoms with Crippen molar-refractivity contribution in [1.29, 1.82) is 0 Å². The number of aromatic amines is 1. The second-order valence-corrected chi connectivity index (χ2v) is 5.57. The van der Waals surface area contributed by atoms with Crippen LogP contribution in [-0.4, -0.2) is 34.5 Å². The van der Waals surface area contributed by atoms with Crippen molar-refractivity contribution in [2.75, 3.05) is 19.0 Å². The van der Waals surface area contributed by atoms with Gasteiger partial charge in [0.1, 0.15) is 0 Å². The summed E-state index contributed by atoms with van der Waals surface area (Å²) in [5.41, 5.74) is 3.79. The summed E-state index contributed by atoms with van der Waals surface area (Å²) in [4.78, 5) is 15.2. The van der Waals surface area contributed by atoms with Crippen molar-refractivity contribution in [2.45, 2.75) is 13.1 Å². The molecule has 1 aromatic carbocycles. The third-order valence-electron chi connectivity index (χ3n) is 3.72. The number of methoxy groups -OCH3 is 1. The first-order valence-electron chi connectivity index (χ1n) is 8.03. The lowest BCUT2D eigenvalue weighted by Crippen LogP contribution is -2.28. The number of carbonyl (C=O) groups is 1. The molecule has 3 rings (SSSR count). The van der Waals surface area contributed by atoms with Gasteiger partial charge in [0.2, 0.25) is 0 Å². The van der Waals surface area contributed by atoms with Crippen LogP contribution in [0.15, 0.2) is 55.0 Å². The van der Waals surface area contributed by atoms with Crippen LogP contribution < -0.4 is 10.6 Å². The molecule has 3 aromatic rings. The zero-order valence-electron chi connectivity index (χ0n) is 14.0. The highest BCUT2D eigenvalue weighted by Gasteiger charge is 2.04. The summed E-state index contributed by atoms with van der Waals surface area (Å²) in [5.74, 6) is 0. The van der Waals surface area contributed by atoms with E-state index in [1.54, 1.807) is 18.0 Å². The van der Waals surface area contributed by atoms with Crippen molar-refractivity contribution in [2.24, 2.45) is 0 Å². The second kappa shape index (κ2) is 8.16. The Bertz CT molecular complexity index is 793. The van der Waals surface area contributed by atoms with Crippen LogP contribution in [0.1, 0.15) is 5.56 Å². The predicted octanol–water partition coefficient (Wildman–Crippen LogP) is 2.85. The molecule has 25 heavy (non-hydrogen) atoms. The maximum atomic E-state index is 12.0. The quantitative estimate of drug-likeness (QED) is 0.619. The predicted molar refractivity (Wildman–Crippen MR) is 96.2 cm³/mol. The van der Waals surface area contributed by atoms with Gasteiger partial charge in [0, 0.05) is 43.0 Å². The molecule has 0 saturated heterocycles. The van der Waals surface area contributed by atoms with Gasteiger partial charge >= 0.3 is 6.03 Å². The summed E-state index contributed by atoms with van der Waals surface area (Å²) in [5, 5.41) is 9.85. The maximum absolute atomic E-state index is 12.0. The van der Waals surface area contributed by atoms with E-state index in [2.05, 4.69) is 20.7 Å². The molecule has 0 bridgehead atoms. The number of H-pyrrole nitrogens is 1. The smallest absolute Gasteiger partial charge is 0.319 e. The summed E-state index contributed by atoms with van der Waals surface area (Å²) in [6.07, 6.45) is 5.51. The van der Waals surface area contributed by atoms with Crippen LogP contribution >= 0.6 is 0 Å². The fourth-order valence-electron chi connectivity index (χ4n) is 2.41. The minimum Gasteiger partial charge on any atom is -0.383 e. The average molecular weight is 339 g/mol. The van der Waals surface area contributed by atoms with E-state index in [-0.39, 0.29) is 6.03 Å². The highest BCUT2D eigenvalue weighted by Crippen LogP contribution is 2.19. The molecule has 7 nitrogen and oxygen atoms in total. The summed E-state index contributed by atoms with van der Waals surface area (Å²) in [7, 11) is 1.65. The molecular weight excluding hydrogens is 318 g/mol. The van der Waals surface area contributed by atoms with Gasteiger partial charge in [-0.25, -0.2) is 4.79 Å². The lowest BCUT2D eigenvalue weighted by atomic mass is 10.1. The van der Waals surface area contributed by atoms with Gasteiger partial charge in [-0.3, -0.25) is 4.68 Å². The number of hydrogen-bond acceptors (Lipinski definition) is 3. The van der Waals surface area contributed by atoms with Gasteiger partial charge in [0.25, 0.3) is 0 Å². The number of ether oxygens (including phenoxy) is 1. The topological polar surface area (TPSA) is 84.0 Å². The van der Waals surface area contributed by atoms with E-state index in [4.69, 9.17) is 4.74 Å². The first-order valence-corrected chi connectivity index (χ1v) is 8.03. The summed E-state index contributed by atoms with van der Waals surface area (Å²) in [6.45, 7) is 1.71. The van der Waals surface area contributed by atoms with E-state index >= 15 is 0 Å². The van der Waals surface area contributed by atoms with E-state index in [1.165, 1.54) is 0 Å². The van der Waals surface area contributed by atoms with Crippen LogP contribution in [0.4, 0.5) is 10.5 Å². The minimum absolute atomic E-state index is 0.253. The van der Waals surface area contributed by atoms with Gasteiger partial charge in [-0.1, -0.05) is 12.1 Å². The molecule has 0 aliphatic carbocycles. The summed E-state index contributed by atoms with van der Waals surface area (Å²) < 4.78 is 6.80. The van der Waals surface area contributed by atoms with Crippen molar-refractivity contribution < 1.29 is 9.53 Å². The minimum atomic E-state index is -0.253. The van der Waals surface area contributed by atoms with Gasteiger partial charge in [-0.05, 0) is 29.8 Å². The Kier molecular flexibility index (Phi) is 5.48. The Morgan fingerprint density at radius 3 is 2.84 bits per heavy atom. The molecule has 0 aliphatic rings. The zero-order valence-corrected chi connectivity index (χ0v) is 14.0. The average Bonchev–Trinajstić information content (AvgIpc) is 3.31. The van der Waals surface area contributed by atoms with Crippen LogP contribution in [-0.2, 0) is 17.8 Å². The maximum Gasteiger partial charge on any atom is 0.319 e. The molecule has 2 amide bonds. The molecule has 2 aromatic heterocycles. The largest absolute Gasteiger partial charge is 0.383 e. The fourth-order valence-corrected chi connectivity index (χ4v) is 2.41. The van der Waals surface area contributed by atoms with Gasteiger partial charge in [0.05, 0.1) is 19.3 Å². The van der Waals surface area contributed by atoms with E-state index in [0.717, 1.165) is 22.5 Å². The third-order valence-corrected chi connectivity index (χ3v) is 3.72. The number of urea groups is 1. The second-order valence-electron chi connectivity index (χ2n) is 5.57. The Morgan fingerprint density at radius 1 is 1.28 bits per heavy atom. The number of benzene rings is 1. The van der Waals surface area contributed by atoms with E-state index in [9.17, 15) is 4.79 Å². The van der Waals surface area contributed by atoms with Gasteiger partial charge in [-0.15, -0.1) is 0 Å². The number of aromatic nitrogens is 3. The van der Waals surface area contributed by atoms with E-state index in [0.29, 0.717) is 19.7 Å². The highest BCUT2D eigenvalue weighted by atomic mass is 16.5. The number of rotatable bonds is 7. The summed E-state index contributed by atoms with van der Waals surface area (Å²) >= 11 is 0. The van der Waals surface area contributed by atoms with E-state index in [1.807, 2.05) is 48.8 Å². The normalized spacial score (nSPS) is 10.6. The molecule has 3 N–H and O–H groups in total. The molecular formula is C18H21N5O2. The Balaban J connectivity index is 1.48. The molecule has 0 saturated carbocycles. The molecule has 7 heteroatoms. The first kappa shape index (κ1) is 16.8. The summed E-state index contributed by atoms with van der Waals surface area (Å²) in [6, 6.07) is 11.4. The molecule has 0 atom stereocenters. The highest BCUT2D eigenvalue weighted by molar-refractivity contribution is 5.89. The fraction of sp³-hybridized carbons (Fsp3) is 0.222. The van der Waals surface area contributed by atoms with Gasteiger partial charge in [0.15, 0.2) is 0 Å². The number of hydrogen-bond donors (Lipinski definition) is 3. The first-order chi connectivity index (χ1) is 12.2.